The molecule has 0 aliphatic heterocycles. The zero-order chi connectivity index (χ0) is 9.10. The highest BCUT2D eigenvalue weighted by atomic mass is 19.1. The largest absolute Gasteiger partial charge is 0.256 e. The Bertz CT molecular complexity index is 368. The first kappa shape index (κ1) is 7.85. The fraction of sp³-hybridized carbons (Fsp3) is 0.125. The molecule has 2 aromatic heterocycles. The van der Waals surface area contributed by atoms with Gasteiger partial charge in [0.05, 0.1) is 18.4 Å². The Morgan fingerprint density at radius 2 is 2.31 bits per heavy atom. The van der Waals surface area contributed by atoms with E-state index in [1.807, 2.05) is 0 Å². The maximum Gasteiger partial charge on any atom is 0.141 e. The van der Waals surface area contributed by atoms with E-state index in [4.69, 9.17) is 0 Å². The van der Waals surface area contributed by atoms with E-state index in [9.17, 15) is 4.39 Å². The summed E-state index contributed by atoms with van der Waals surface area (Å²) in [6.45, 7) is 0.514. The van der Waals surface area contributed by atoms with E-state index >= 15 is 0 Å². The Morgan fingerprint density at radius 1 is 1.38 bits per heavy atom. The average Bonchev–Trinajstić information content (AvgIpc) is 2.62. The molecule has 0 aliphatic rings. The van der Waals surface area contributed by atoms with E-state index in [2.05, 4.69) is 15.1 Å². The summed E-state index contributed by atoms with van der Waals surface area (Å²) in [6.07, 6.45) is 4.22. The van der Waals surface area contributed by atoms with Crippen LogP contribution in [0, 0.1) is 5.82 Å². The summed E-state index contributed by atoms with van der Waals surface area (Å²) in [4.78, 5) is 7.68. The van der Waals surface area contributed by atoms with Crippen LogP contribution in [0.3, 0.4) is 0 Å². The Labute approximate surface area is 74.1 Å². The minimum absolute atomic E-state index is 0.331. The topological polar surface area (TPSA) is 43.6 Å². The van der Waals surface area contributed by atoms with Crippen LogP contribution in [0.2, 0.25) is 0 Å². The number of nitrogens with zero attached hydrogens (tertiary/aromatic N) is 4. The van der Waals surface area contributed by atoms with Crippen molar-refractivity contribution in [1.29, 1.82) is 0 Å². The van der Waals surface area contributed by atoms with E-state index in [1.54, 1.807) is 17.1 Å². The van der Waals surface area contributed by atoms with Gasteiger partial charge < -0.3 is 0 Å². The molecular formula is C8H7FN4. The second-order valence-corrected chi connectivity index (χ2v) is 2.56. The molecule has 13 heavy (non-hydrogen) atoms. The van der Waals surface area contributed by atoms with Gasteiger partial charge in [0.15, 0.2) is 0 Å². The quantitative estimate of drug-likeness (QED) is 0.685. The molecule has 2 rings (SSSR count). The van der Waals surface area contributed by atoms with Crippen molar-refractivity contribution in [3.8, 4) is 0 Å². The number of halogens is 1. The van der Waals surface area contributed by atoms with Gasteiger partial charge in [-0.1, -0.05) is 0 Å². The minimum atomic E-state index is -0.331. The molecule has 0 amide bonds. The molecule has 66 valence electrons. The van der Waals surface area contributed by atoms with Crippen molar-refractivity contribution in [3.05, 3.63) is 42.5 Å². The summed E-state index contributed by atoms with van der Waals surface area (Å²) in [5.41, 5.74) is 0.756. The lowest BCUT2D eigenvalue weighted by Crippen LogP contribution is -2.01. The normalized spacial score (nSPS) is 10.2. The van der Waals surface area contributed by atoms with Gasteiger partial charge in [-0.15, -0.1) is 0 Å². The Morgan fingerprint density at radius 3 is 2.92 bits per heavy atom. The molecule has 0 aliphatic carbocycles. The van der Waals surface area contributed by atoms with Crippen LogP contribution in [0.25, 0.3) is 0 Å². The number of hydrogen-bond donors (Lipinski definition) is 0. The van der Waals surface area contributed by atoms with E-state index in [0.29, 0.717) is 6.54 Å². The highest BCUT2D eigenvalue weighted by molar-refractivity contribution is 5.05. The SMILES string of the molecule is Fc1ccc(Cn2cncn2)nc1. The van der Waals surface area contributed by atoms with Crippen LogP contribution in [-0.4, -0.2) is 19.7 Å². The summed E-state index contributed by atoms with van der Waals surface area (Å²) in [5, 5.41) is 3.91. The van der Waals surface area contributed by atoms with Gasteiger partial charge in [-0.3, -0.25) is 4.98 Å². The third-order valence-corrected chi connectivity index (χ3v) is 1.58. The van der Waals surface area contributed by atoms with Crippen molar-refractivity contribution in [2.45, 2.75) is 6.54 Å². The van der Waals surface area contributed by atoms with E-state index in [-0.39, 0.29) is 5.82 Å². The summed E-state index contributed by atoms with van der Waals surface area (Å²) < 4.78 is 14.1. The number of hydrogen-bond acceptors (Lipinski definition) is 3. The number of aromatic nitrogens is 4. The Balaban J connectivity index is 2.15. The highest BCUT2D eigenvalue weighted by Gasteiger charge is 1.96. The van der Waals surface area contributed by atoms with Crippen LogP contribution >= 0.6 is 0 Å². The third-order valence-electron chi connectivity index (χ3n) is 1.58. The lowest BCUT2D eigenvalue weighted by atomic mass is 10.3. The predicted molar refractivity (Wildman–Crippen MR) is 43.3 cm³/mol. The van der Waals surface area contributed by atoms with Crippen molar-refractivity contribution in [2.75, 3.05) is 0 Å². The zero-order valence-corrected chi connectivity index (χ0v) is 6.76. The predicted octanol–water partition coefficient (Wildman–Crippen LogP) is 0.860. The van der Waals surface area contributed by atoms with Gasteiger partial charge in [-0.2, -0.15) is 5.10 Å². The lowest BCUT2D eigenvalue weighted by Gasteiger charge is -1.98. The summed E-state index contributed by atoms with van der Waals surface area (Å²) in [5.74, 6) is -0.331. The molecule has 4 nitrogen and oxygen atoms in total. The molecule has 0 N–H and O–H groups in total. The Kier molecular flexibility index (Phi) is 1.99. The van der Waals surface area contributed by atoms with E-state index in [0.717, 1.165) is 5.69 Å². The molecule has 2 aromatic rings. The maximum atomic E-state index is 12.5. The zero-order valence-electron chi connectivity index (χ0n) is 6.76. The molecule has 0 aromatic carbocycles. The highest BCUT2D eigenvalue weighted by Crippen LogP contribution is 1.99. The maximum absolute atomic E-state index is 12.5. The van der Waals surface area contributed by atoms with Crippen molar-refractivity contribution >= 4 is 0 Å². The monoisotopic (exact) mass is 178 g/mol. The smallest absolute Gasteiger partial charge is 0.141 e. The number of pyridine rings is 1. The second-order valence-electron chi connectivity index (χ2n) is 2.56. The Hall–Kier alpha value is -1.78. The van der Waals surface area contributed by atoms with E-state index in [1.165, 1.54) is 18.6 Å². The van der Waals surface area contributed by atoms with Crippen LogP contribution in [0.1, 0.15) is 5.69 Å². The van der Waals surface area contributed by atoms with E-state index < -0.39 is 0 Å². The van der Waals surface area contributed by atoms with Crippen molar-refractivity contribution < 1.29 is 4.39 Å². The van der Waals surface area contributed by atoms with Crippen molar-refractivity contribution in [1.82, 2.24) is 19.7 Å². The first-order valence-corrected chi connectivity index (χ1v) is 3.77. The average molecular weight is 178 g/mol. The molecule has 0 saturated heterocycles. The summed E-state index contributed by atoms with van der Waals surface area (Å²) in [7, 11) is 0. The van der Waals surface area contributed by atoms with Gasteiger partial charge >= 0.3 is 0 Å². The van der Waals surface area contributed by atoms with Gasteiger partial charge in [0.2, 0.25) is 0 Å². The molecular weight excluding hydrogens is 171 g/mol. The molecule has 0 saturated carbocycles. The fourth-order valence-electron chi connectivity index (χ4n) is 0.980. The second kappa shape index (κ2) is 3.30. The summed E-state index contributed by atoms with van der Waals surface area (Å²) in [6, 6.07) is 3.00. The molecule has 0 radical (unpaired) electrons. The van der Waals surface area contributed by atoms with Crippen LogP contribution in [0.15, 0.2) is 31.0 Å². The third kappa shape index (κ3) is 1.87. The molecule has 2 heterocycles. The molecule has 0 atom stereocenters. The molecule has 5 heteroatoms. The van der Waals surface area contributed by atoms with Crippen molar-refractivity contribution in [2.24, 2.45) is 0 Å². The van der Waals surface area contributed by atoms with Gasteiger partial charge in [0, 0.05) is 0 Å². The molecule has 0 bridgehead atoms. The lowest BCUT2D eigenvalue weighted by molar-refractivity contribution is 0.612. The van der Waals surface area contributed by atoms with Gasteiger partial charge in [0.25, 0.3) is 0 Å². The first-order chi connectivity index (χ1) is 6.34. The standard InChI is InChI=1S/C8H7FN4/c9-7-1-2-8(11-3-7)4-13-6-10-5-12-13/h1-3,5-6H,4H2. The first-order valence-electron chi connectivity index (χ1n) is 3.77. The van der Waals surface area contributed by atoms with Crippen LogP contribution in [-0.2, 0) is 6.54 Å². The van der Waals surface area contributed by atoms with Crippen molar-refractivity contribution in [3.63, 3.8) is 0 Å². The molecule has 0 unspecified atom stereocenters. The van der Waals surface area contributed by atoms with Gasteiger partial charge in [-0.05, 0) is 12.1 Å². The molecule has 0 spiro atoms. The fourth-order valence-corrected chi connectivity index (χ4v) is 0.980. The summed E-state index contributed by atoms with van der Waals surface area (Å²) >= 11 is 0. The van der Waals surface area contributed by atoms with Gasteiger partial charge in [-0.25, -0.2) is 14.1 Å². The number of rotatable bonds is 2. The van der Waals surface area contributed by atoms with Crippen LogP contribution < -0.4 is 0 Å². The molecule has 0 fully saturated rings. The minimum Gasteiger partial charge on any atom is -0.256 e. The van der Waals surface area contributed by atoms with Gasteiger partial charge in [0.1, 0.15) is 18.5 Å². The van der Waals surface area contributed by atoms with Crippen LogP contribution in [0.4, 0.5) is 4.39 Å². The van der Waals surface area contributed by atoms with Crippen LogP contribution in [0.5, 0.6) is 0 Å².